The smallest absolute Gasteiger partial charge is 0.349 e. The summed E-state index contributed by atoms with van der Waals surface area (Å²) in [4.78, 5) is 21.3. The normalized spacial score (nSPS) is 28.2. The van der Waals surface area contributed by atoms with Crippen molar-refractivity contribution in [3.8, 4) is 0 Å². The van der Waals surface area contributed by atoms with E-state index in [1.54, 1.807) is 11.1 Å². The van der Waals surface area contributed by atoms with Crippen LogP contribution in [0.1, 0.15) is 48.9 Å². The highest BCUT2D eigenvalue weighted by Crippen LogP contribution is 2.34. The Hall–Kier alpha value is -2.19. The maximum Gasteiger partial charge on any atom is 0.401 e. The van der Waals surface area contributed by atoms with Crippen molar-refractivity contribution in [2.75, 3.05) is 39.3 Å². The molecule has 1 aromatic heterocycles. The van der Waals surface area contributed by atoms with Gasteiger partial charge < -0.3 is 10.2 Å². The molecular weight excluding hydrogens is 453 g/mol. The quantitative estimate of drug-likeness (QED) is 0.639. The van der Waals surface area contributed by atoms with Crippen LogP contribution in [-0.2, 0) is 0 Å². The van der Waals surface area contributed by atoms with Crippen molar-refractivity contribution in [1.82, 2.24) is 20.1 Å². The van der Waals surface area contributed by atoms with E-state index in [2.05, 4.69) is 15.2 Å². The van der Waals surface area contributed by atoms with Crippen LogP contribution in [-0.4, -0.2) is 72.2 Å². The van der Waals surface area contributed by atoms with Gasteiger partial charge in [0.15, 0.2) is 0 Å². The molecule has 2 aliphatic heterocycles. The minimum Gasteiger partial charge on any atom is -0.349 e. The number of pyridine rings is 1. The molecule has 1 aliphatic carbocycles. The molecule has 35 heavy (non-hydrogen) atoms. The first-order chi connectivity index (χ1) is 16.8. The number of likely N-dealkylation sites (tertiary alicyclic amines) is 2. The minimum atomic E-state index is -4.10. The average Bonchev–Trinajstić information content (AvgIpc) is 3.23. The van der Waals surface area contributed by atoms with E-state index in [9.17, 15) is 18.0 Å². The monoisotopic (exact) mass is 488 g/mol. The third kappa shape index (κ3) is 6.15. The lowest BCUT2D eigenvalue weighted by Gasteiger charge is -2.36. The van der Waals surface area contributed by atoms with E-state index in [1.165, 1.54) is 0 Å². The SMILES string of the molecule is O=C(N[C@H]1CC[C@H](CCN2CC[C@H]3CN(CC(F)(F)F)C[C@@H]3C2)CC1)c1cccc2ncccc12. The molecule has 5 rings (SSSR count). The van der Waals surface area contributed by atoms with Crippen molar-refractivity contribution in [2.24, 2.45) is 17.8 Å². The van der Waals surface area contributed by atoms with Crippen LogP contribution in [0.2, 0.25) is 0 Å². The fourth-order valence-electron chi connectivity index (χ4n) is 6.45. The minimum absolute atomic E-state index is 0.0222. The number of nitrogens with one attached hydrogen (secondary N) is 1. The molecule has 0 radical (unpaired) electrons. The Morgan fingerprint density at radius 3 is 2.54 bits per heavy atom. The van der Waals surface area contributed by atoms with Crippen molar-refractivity contribution in [2.45, 2.75) is 50.7 Å². The first-order valence-electron chi connectivity index (χ1n) is 13.0. The Morgan fingerprint density at radius 1 is 0.971 bits per heavy atom. The Morgan fingerprint density at radius 2 is 1.74 bits per heavy atom. The number of hydrogen-bond acceptors (Lipinski definition) is 4. The van der Waals surface area contributed by atoms with Crippen LogP contribution in [0.3, 0.4) is 0 Å². The zero-order chi connectivity index (χ0) is 24.4. The lowest BCUT2D eigenvalue weighted by atomic mass is 9.83. The molecule has 1 amide bonds. The molecule has 5 nitrogen and oxygen atoms in total. The third-order valence-electron chi connectivity index (χ3n) is 8.29. The van der Waals surface area contributed by atoms with Crippen molar-refractivity contribution >= 4 is 16.8 Å². The first kappa shape index (κ1) is 24.5. The molecular formula is C27H35F3N4O. The number of rotatable bonds is 6. The maximum absolute atomic E-state index is 12.9. The number of carbonyl (C=O) groups is 1. The molecule has 190 valence electrons. The Balaban J connectivity index is 1.04. The Kier molecular flexibility index (Phi) is 7.30. The van der Waals surface area contributed by atoms with Gasteiger partial charge in [0.05, 0.1) is 12.1 Å². The highest BCUT2D eigenvalue weighted by molar-refractivity contribution is 6.06. The molecule has 0 spiro atoms. The van der Waals surface area contributed by atoms with Crippen molar-refractivity contribution in [1.29, 1.82) is 0 Å². The Bertz CT molecular complexity index is 1020. The van der Waals surface area contributed by atoms with Crippen LogP contribution in [0.15, 0.2) is 36.5 Å². The number of nitrogens with zero attached hydrogens (tertiary/aromatic N) is 3. The summed E-state index contributed by atoms with van der Waals surface area (Å²) in [6, 6.07) is 9.67. The molecule has 2 aromatic rings. The fraction of sp³-hybridized carbons (Fsp3) is 0.630. The van der Waals surface area contributed by atoms with Crippen LogP contribution < -0.4 is 5.32 Å². The van der Waals surface area contributed by atoms with E-state index in [4.69, 9.17) is 0 Å². The van der Waals surface area contributed by atoms with E-state index >= 15 is 0 Å². The van der Waals surface area contributed by atoms with Crippen molar-refractivity contribution in [3.05, 3.63) is 42.1 Å². The van der Waals surface area contributed by atoms with Gasteiger partial charge in [0.2, 0.25) is 0 Å². The molecule has 3 heterocycles. The number of carbonyl (C=O) groups excluding carboxylic acids is 1. The summed E-state index contributed by atoms with van der Waals surface area (Å²) >= 11 is 0. The summed E-state index contributed by atoms with van der Waals surface area (Å²) in [6.07, 6.45) is 4.01. The zero-order valence-corrected chi connectivity index (χ0v) is 20.1. The molecule has 0 unspecified atom stereocenters. The Labute approximate surface area is 205 Å². The number of amides is 1. The number of piperidine rings is 1. The second-order valence-electron chi connectivity index (χ2n) is 10.8. The van der Waals surface area contributed by atoms with Crippen LogP contribution in [0.25, 0.3) is 10.9 Å². The summed E-state index contributed by atoms with van der Waals surface area (Å²) in [7, 11) is 0. The summed E-state index contributed by atoms with van der Waals surface area (Å²) in [5.74, 6) is 1.44. The van der Waals surface area contributed by atoms with Gasteiger partial charge in [-0.1, -0.05) is 12.1 Å². The molecule has 1 N–H and O–H groups in total. The molecule has 8 heteroatoms. The maximum atomic E-state index is 12.9. The second kappa shape index (κ2) is 10.4. The van der Waals surface area contributed by atoms with Crippen LogP contribution in [0.4, 0.5) is 13.2 Å². The average molecular weight is 489 g/mol. The van der Waals surface area contributed by atoms with E-state index < -0.39 is 12.7 Å². The van der Waals surface area contributed by atoms with Gasteiger partial charge in [-0.05, 0) is 87.6 Å². The molecule has 2 atom stereocenters. The summed E-state index contributed by atoms with van der Waals surface area (Å²) in [5.41, 5.74) is 1.51. The summed E-state index contributed by atoms with van der Waals surface area (Å²) in [6.45, 7) is 3.39. The fourth-order valence-corrected chi connectivity index (χ4v) is 6.45. The molecule has 3 aliphatic rings. The van der Waals surface area contributed by atoms with Crippen molar-refractivity contribution in [3.63, 3.8) is 0 Å². The summed E-state index contributed by atoms with van der Waals surface area (Å²) in [5, 5.41) is 4.12. The van der Waals surface area contributed by atoms with Crippen LogP contribution in [0.5, 0.6) is 0 Å². The predicted molar refractivity (Wildman–Crippen MR) is 130 cm³/mol. The van der Waals surface area contributed by atoms with Crippen LogP contribution in [0, 0.1) is 17.8 Å². The van der Waals surface area contributed by atoms with Gasteiger partial charge in [0.25, 0.3) is 5.91 Å². The van der Waals surface area contributed by atoms with Gasteiger partial charge in [-0.25, -0.2) is 0 Å². The second-order valence-corrected chi connectivity index (χ2v) is 10.8. The number of benzene rings is 1. The van der Waals surface area contributed by atoms with Gasteiger partial charge >= 0.3 is 6.18 Å². The van der Waals surface area contributed by atoms with Crippen LogP contribution >= 0.6 is 0 Å². The van der Waals surface area contributed by atoms with E-state index in [1.807, 2.05) is 30.3 Å². The van der Waals surface area contributed by atoms with E-state index in [0.29, 0.717) is 36.4 Å². The van der Waals surface area contributed by atoms with Crippen molar-refractivity contribution < 1.29 is 18.0 Å². The number of fused-ring (bicyclic) bond motifs is 2. The standard InChI is InChI=1S/C27H35F3N4O/c28-27(29,30)18-34-15-20-11-14-33(16-21(20)17-34)13-10-19-6-8-22(9-7-19)32-26(35)24-3-1-5-25-23(24)4-2-12-31-25/h1-5,12,19-22H,6-11,13-18H2,(H,32,35)/t19-,20-,21-,22-/m0/s1. The highest BCUT2D eigenvalue weighted by atomic mass is 19.4. The number of halogens is 3. The molecule has 0 bridgehead atoms. The molecule has 2 saturated heterocycles. The van der Waals surface area contributed by atoms with Gasteiger partial charge in [0, 0.05) is 42.8 Å². The van der Waals surface area contributed by atoms with E-state index in [0.717, 1.165) is 69.1 Å². The van der Waals surface area contributed by atoms with E-state index in [-0.39, 0.29) is 11.9 Å². The largest absolute Gasteiger partial charge is 0.401 e. The topological polar surface area (TPSA) is 48.5 Å². The summed E-state index contributed by atoms with van der Waals surface area (Å²) < 4.78 is 38.3. The highest BCUT2D eigenvalue weighted by Gasteiger charge is 2.41. The zero-order valence-electron chi connectivity index (χ0n) is 20.1. The first-order valence-corrected chi connectivity index (χ1v) is 13.0. The number of alkyl halides is 3. The molecule has 3 fully saturated rings. The van der Waals surface area contributed by atoms with Gasteiger partial charge in [0.1, 0.15) is 0 Å². The van der Waals surface area contributed by atoms with Gasteiger partial charge in [-0.2, -0.15) is 13.2 Å². The van der Waals surface area contributed by atoms with Gasteiger partial charge in [-0.15, -0.1) is 0 Å². The van der Waals surface area contributed by atoms with Gasteiger partial charge in [-0.3, -0.25) is 14.7 Å². The number of aromatic nitrogens is 1. The molecule has 1 aromatic carbocycles. The predicted octanol–water partition coefficient (Wildman–Crippen LogP) is 4.73. The lowest BCUT2D eigenvalue weighted by Crippen LogP contribution is -2.41. The number of hydrogen-bond donors (Lipinski definition) is 1. The lowest BCUT2D eigenvalue weighted by molar-refractivity contribution is -0.144. The third-order valence-corrected chi connectivity index (χ3v) is 8.29. The molecule has 1 saturated carbocycles.